The minimum atomic E-state index is 0.500. The molecule has 0 bridgehead atoms. The molecule has 3 aromatic rings. The van der Waals surface area contributed by atoms with E-state index in [4.69, 9.17) is 10.8 Å². The van der Waals surface area contributed by atoms with E-state index in [9.17, 15) is 0 Å². The van der Waals surface area contributed by atoms with Crippen molar-refractivity contribution in [2.45, 2.75) is 46.1 Å². The van der Waals surface area contributed by atoms with E-state index in [-0.39, 0.29) is 0 Å². The van der Waals surface area contributed by atoms with Crippen LogP contribution in [-0.2, 0) is 32.7 Å². The molecule has 5 heterocycles. The van der Waals surface area contributed by atoms with Gasteiger partial charge in [0.05, 0.1) is 35.9 Å². The number of fused-ring (bicyclic) bond motifs is 2. The van der Waals surface area contributed by atoms with Crippen molar-refractivity contribution < 1.29 is 0 Å². The third-order valence-corrected chi connectivity index (χ3v) is 5.45. The molecular weight excluding hydrogens is 354 g/mol. The Bertz CT molecular complexity index is 989. The molecule has 28 heavy (non-hydrogen) atoms. The summed E-state index contributed by atoms with van der Waals surface area (Å²) < 4.78 is 4.28. The van der Waals surface area contributed by atoms with Crippen LogP contribution in [0.4, 0.5) is 11.6 Å². The summed E-state index contributed by atoms with van der Waals surface area (Å²) in [6.45, 7) is 8.42. The molecule has 3 aromatic heterocycles. The van der Waals surface area contributed by atoms with Crippen molar-refractivity contribution in [2.75, 3.05) is 23.7 Å². The normalized spacial score (nSPS) is 17.2. The second kappa shape index (κ2) is 6.90. The van der Waals surface area contributed by atoms with Crippen LogP contribution >= 0.6 is 0 Å². The van der Waals surface area contributed by atoms with Crippen molar-refractivity contribution in [1.82, 2.24) is 34.4 Å². The Morgan fingerprint density at radius 3 is 2.68 bits per heavy atom. The first-order valence-electron chi connectivity index (χ1n) is 9.78. The molecule has 0 amide bonds. The largest absolute Gasteiger partial charge is 0.384 e. The zero-order valence-electron chi connectivity index (χ0n) is 16.1. The van der Waals surface area contributed by atoms with E-state index in [2.05, 4.69) is 53.3 Å². The standard InChI is InChI=1S/C19H25N9/c1-14-7-16-11-25(3-2-4-27(16)23-14)10-15-8-17-12-26(5-6-28(17)24-15)19-9-18(20)21-13-22-19/h7-9,13H,2-6,10-12H2,1H3,(H2,20,21,22). The maximum Gasteiger partial charge on any atom is 0.134 e. The van der Waals surface area contributed by atoms with Crippen LogP contribution in [0.5, 0.6) is 0 Å². The smallest absolute Gasteiger partial charge is 0.134 e. The highest BCUT2D eigenvalue weighted by atomic mass is 15.4. The molecule has 0 aliphatic carbocycles. The summed E-state index contributed by atoms with van der Waals surface area (Å²) in [4.78, 5) is 13.0. The van der Waals surface area contributed by atoms with E-state index in [0.29, 0.717) is 5.82 Å². The number of nitrogen functional groups attached to an aromatic ring is 1. The minimum absolute atomic E-state index is 0.500. The molecule has 0 aromatic carbocycles. The minimum Gasteiger partial charge on any atom is -0.384 e. The van der Waals surface area contributed by atoms with Gasteiger partial charge in [0.1, 0.15) is 18.0 Å². The lowest BCUT2D eigenvalue weighted by molar-refractivity contribution is 0.257. The zero-order valence-corrected chi connectivity index (χ0v) is 16.1. The summed E-state index contributed by atoms with van der Waals surface area (Å²) in [6.07, 6.45) is 2.64. The number of hydrogen-bond acceptors (Lipinski definition) is 7. The summed E-state index contributed by atoms with van der Waals surface area (Å²) in [5.74, 6) is 1.37. The Hall–Kier alpha value is -2.94. The Balaban J connectivity index is 1.30. The highest BCUT2D eigenvalue weighted by Gasteiger charge is 2.22. The van der Waals surface area contributed by atoms with E-state index in [1.54, 1.807) is 0 Å². The fourth-order valence-corrected chi connectivity index (χ4v) is 4.17. The lowest BCUT2D eigenvalue weighted by atomic mass is 10.2. The van der Waals surface area contributed by atoms with Crippen LogP contribution in [0, 0.1) is 6.92 Å². The second-order valence-corrected chi connectivity index (χ2v) is 7.64. The van der Waals surface area contributed by atoms with Crippen LogP contribution in [0.25, 0.3) is 0 Å². The molecule has 9 nitrogen and oxygen atoms in total. The van der Waals surface area contributed by atoms with Crippen molar-refractivity contribution in [3.8, 4) is 0 Å². The SMILES string of the molecule is Cc1cc2n(n1)CCCN(Cc1cc3n(n1)CCN(c1cc(N)ncn1)C3)C2. The number of anilines is 2. The van der Waals surface area contributed by atoms with Crippen LogP contribution in [0.15, 0.2) is 24.5 Å². The molecule has 2 N–H and O–H groups in total. The molecule has 0 unspecified atom stereocenters. The molecule has 2 aliphatic rings. The lowest BCUT2D eigenvalue weighted by Crippen LogP contribution is -2.34. The Kier molecular flexibility index (Phi) is 4.23. The second-order valence-electron chi connectivity index (χ2n) is 7.64. The summed E-state index contributed by atoms with van der Waals surface area (Å²) in [5, 5.41) is 9.45. The number of rotatable bonds is 3. The predicted molar refractivity (Wildman–Crippen MR) is 105 cm³/mol. The number of nitrogens with zero attached hydrogens (tertiary/aromatic N) is 8. The molecule has 0 fully saturated rings. The fourth-order valence-electron chi connectivity index (χ4n) is 4.17. The molecule has 0 saturated carbocycles. The van der Waals surface area contributed by atoms with Crippen LogP contribution in [0.2, 0.25) is 0 Å². The van der Waals surface area contributed by atoms with Gasteiger partial charge in [-0.15, -0.1) is 0 Å². The first-order chi connectivity index (χ1) is 13.6. The van der Waals surface area contributed by atoms with Gasteiger partial charge in [-0.1, -0.05) is 0 Å². The van der Waals surface area contributed by atoms with Gasteiger partial charge < -0.3 is 10.6 Å². The topological polar surface area (TPSA) is 93.9 Å². The van der Waals surface area contributed by atoms with Crippen molar-refractivity contribution in [2.24, 2.45) is 0 Å². The average Bonchev–Trinajstić information content (AvgIpc) is 3.18. The van der Waals surface area contributed by atoms with Crippen LogP contribution in [0.3, 0.4) is 0 Å². The van der Waals surface area contributed by atoms with Crippen LogP contribution in [-0.4, -0.2) is 47.5 Å². The third kappa shape index (κ3) is 3.33. The van der Waals surface area contributed by atoms with E-state index in [1.165, 1.54) is 17.7 Å². The van der Waals surface area contributed by atoms with Crippen molar-refractivity contribution >= 4 is 11.6 Å². The first kappa shape index (κ1) is 17.2. The van der Waals surface area contributed by atoms with E-state index >= 15 is 0 Å². The third-order valence-electron chi connectivity index (χ3n) is 5.45. The zero-order chi connectivity index (χ0) is 19.1. The number of hydrogen-bond donors (Lipinski definition) is 1. The van der Waals surface area contributed by atoms with Gasteiger partial charge in [-0.2, -0.15) is 10.2 Å². The molecule has 5 rings (SSSR count). The van der Waals surface area contributed by atoms with Gasteiger partial charge >= 0.3 is 0 Å². The lowest BCUT2D eigenvalue weighted by Gasteiger charge is -2.28. The van der Waals surface area contributed by atoms with Gasteiger partial charge in [-0.25, -0.2) is 9.97 Å². The summed E-state index contributed by atoms with van der Waals surface area (Å²) in [5.41, 5.74) is 10.5. The van der Waals surface area contributed by atoms with Gasteiger partial charge in [0.15, 0.2) is 0 Å². The van der Waals surface area contributed by atoms with Crippen LogP contribution in [0.1, 0.15) is 29.2 Å². The van der Waals surface area contributed by atoms with E-state index < -0.39 is 0 Å². The molecule has 0 spiro atoms. The monoisotopic (exact) mass is 379 g/mol. The van der Waals surface area contributed by atoms with Gasteiger partial charge in [-0.3, -0.25) is 14.3 Å². The molecule has 0 radical (unpaired) electrons. The number of nitrogens with two attached hydrogens (primary N) is 1. The summed E-state index contributed by atoms with van der Waals surface area (Å²) >= 11 is 0. The van der Waals surface area contributed by atoms with Crippen molar-refractivity contribution in [3.63, 3.8) is 0 Å². The van der Waals surface area contributed by atoms with Crippen LogP contribution < -0.4 is 10.6 Å². The molecule has 0 atom stereocenters. The van der Waals surface area contributed by atoms with Gasteiger partial charge in [-0.05, 0) is 25.5 Å². The maximum absolute atomic E-state index is 5.81. The predicted octanol–water partition coefficient (Wildman–Crippen LogP) is 1.19. The summed E-state index contributed by atoms with van der Waals surface area (Å²) in [7, 11) is 0. The highest BCUT2D eigenvalue weighted by molar-refractivity contribution is 5.46. The molecule has 0 saturated heterocycles. The molecule has 9 heteroatoms. The molecule has 146 valence electrons. The highest BCUT2D eigenvalue weighted by Crippen LogP contribution is 2.22. The summed E-state index contributed by atoms with van der Waals surface area (Å²) in [6, 6.07) is 6.25. The van der Waals surface area contributed by atoms with E-state index in [1.807, 2.05) is 6.07 Å². The molecule has 2 aliphatic heterocycles. The Labute approximate surface area is 163 Å². The maximum atomic E-state index is 5.81. The van der Waals surface area contributed by atoms with Crippen molar-refractivity contribution in [1.29, 1.82) is 0 Å². The Morgan fingerprint density at radius 1 is 0.929 bits per heavy atom. The first-order valence-corrected chi connectivity index (χ1v) is 9.78. The fraction of sp³-hybridized carbons (Fsp3) is 0.474. The number of aryl methyl sites for hydroxylation is 2. The quantitative estimate of drug-likeness (QED) is 0.730. The van der Waals surface area contributed by atoms with E-state index in [0.717, 1.165) is 69.4 Å². The van der Waals surface area contributed by atoms with Gasteiger partial charge in [0.25, 0.3) is 0 Å². The van der Waals surface area contributed by atoms with Gasteiger partial charge in [0.2, 0.25) is 0 Å². The molecular formula is C19H25N9. The Morgan fingerprint density at radius 2 is 1.79 bits per heavy atom. The number of aromatic nitrogens is 6. The average molecular weight is 379 g/mol. The van der Waals surface area contributed by atoms with Gasteiger partial charge in [0, 0.05) is 38.8 Å². The van der Waals surface area contributed by atoms with Crippen molar-refractivity contribution in [3.05, 3.63) is 47.3 Å².